The summed E-state index contributed by atoms with van der Waals surface area (Å²) in [6.07, 6.45) is 3.42. The quantitative estimate of drug-likeness (QED) is 0.492. The van der Waals surface area contributed by atoms with Crippen molar-refractivity contribution >= 4 is 17.7 Å². The van der Waals surface area contributed by atoms with Crippen LogP contribution in [0.3, 0.4) is 0 Å². The third-order valence-electron chi connectivity index (χ3n) is 2.18. The molecule has 1 rings (SSSR count). The molecule has 0 aliphatic carbocycles. The fourth-order valence-electron chi connectivity index (χ4n) is 1.25. The van der Waals surface area contributed by atoms with Crippen LogP contribution >= 0.6 is 0 Å². The molecule has 0 heterocycles. The second-order valence-electron chi connectivity index (χ2n) is 3.50. The summed E-state index contributed by atoms with van der Waals surface area (Å²) in [6.45, 7) is 2.01. The predicted octanol–water partition coefficient (Wildman–Crippen LogP) is 2.79. The van der Waals surface area contributed by atoms with Gasteiger partial charge in [-0.15, -0.1) is 0 Å². The highest BCUT2D eigenvalue weighted by atomic mass is 19.1. The average Bonchev–Trinajstić information content (AvgIpc) is 2.31. The van der Waals surface area contributed by atoms with E-state index in [-0.39, 0.29) is 11.4 Å². The number of amidine groups is 1. The van der Waals surface area contributed by atoms with Gasteiger partial charge in [0.15, 0.2) is 5.84 Å². The topological polar surface area (TPSA) is 50.7 Å². The van der Waals surface area contributed by atoms with Crippen molar-refractivity contribution in [2.24, 2.45) is 9.98 Å². The highest BCUT2D eigenvalue weighted by Gasteiger charge is 2.10. The maximum absolute atomic E-state index is 13.3. The zero-order chi connectivity index (χ0) is 12.8. The minimum atomic E-state index is -0.799. The Labute approximate surface area is 99.1 Å². The third-order valence-corrected chi connectivity index (χ3v) is 2.18. The van der Waals surface area contributed by atoms with Crippen molar-refractivity contribution in [1.29, 1.82) is 0 Å². The van der Waals surface area contributed by atoms with Crippen molar-refractivity contribution < 1.29 is 8.78 Å². The SMILES string of the molecule is CCCC=NC(=NC)c1cc(F)c(N)c(F)c1. The van der Waals surface area contributed by atoms with Gasteiger partial charge in [0.2, 0.25) is 0 Å². The molecular weight excluding hydrogens is 224 g/mol. The number of nitrogens with zero attached hydrogens (tertiary/aromatic N) is 2. The van der Waals surface area contributed by atoms with Crippen molar-refractivity contribution in [3.63, 3.8) is 0 Å². The maximum atomic E-state index is 13.3. The molecule has 2 N–H and O–H groups in total. The number of rotatable bonds is 3. The van der Waals surface area contributed by atoms with Crippen molar-refractivity contribution in [1.82, 2.24) is 0 Å². The summed E-state index contributed by atoms with van der Waals surface area (Å²) >= 11 is 0. The first kappa shape index (κ1) is 13.3. The molecule has 0 aromatic heterocycles. The number of unbranched alkanes of at least 4 members (excludes halogenated alkanes) is 1. The summed E-state index contributed by atoms with van der Waals surface area (Å²) in [7, 11) is 1.52. The first-order valence-corrected chi connectivity index (χ1v) is 5.34. The largest absolute Gasteiger partial charge is 0.394 e. The highest BCUT2D eigenvalue weighted by Crippen LogP contribution is 2.18. The zero-order valence-electron chi connectivity index (χ0n) is 9.87. The van der Waals surface area contributed by atoms with E-state index in [2.05, 4.69) is 9.98 Å². The number of nitrogens with two attached hydrogens (primary N) is 1. The summed E-state index contributed by atoms with van der Waals surface area (Å²) in [4.78, 5) is 7.95. The third kappa shape index (κ3) is 3.34. The van der Waals surface area contributed by atoms with Crippen molar-refractivity contribution in [2.75, 3.05) is 12.8 Å². The summed E-state index contributed by atoms with van der Waals surface area (Å²) in [5.74, 6) is -1.31. The van der Waals surface area contributed by atoms with Crippen LogP contribution in [-0.2, 0) is 0 Å². The molecule has 0 saturated heterocycles. The second-order valence-corrected chi connectivity index (χ2v) is 3.50. The van der Waals surface area contributed by atoms with Crippen LogP contribution in [-0.4, -0.2) is 19.1 Å². The van der Waals surface area contributed by atoms with E-state index in [4.69, 9.17) is 5.73 Å². The highest BCUT2D eigenvalue weighted by molar-refractivity contribution is 6.03. The van der Waals surface area contributed by atoms with Crippen molar-refractivity contribution in [2.45, 2.75) is 19.8 Å². The Bertz CT molecular complexity index is 430. The summed E-state index contributed by atoms with van der Waals surface area (Å²) in [6, 6.07) is 2.26. The van der Waals surface area contributed by atoms with E-state index in [0.29, 0.717) is 0 Å². The summed E-state index contributed by atoms with van der Waals surface area (Å²) < 4.78 is 26.5. The van der Waals surface area contributed by atoms with Crippen LogP contribution < -0.4 is 5.73 Å². The Morgan fingerprint density at radius 1 is 1.35 bits per heavy atom. The van der Waals surface area contributed by atoms with Gasteiger partial charge in [-0.2, -0.15) is 0 Å². The van der Waals surface area contributed by atoms with Gasteiger partial charge in [0.05, 0.1) is 0 Å². The van der Waals surface area contributed by atoms with E-state index >= 15 is 0 Å². The van der Waals surface area contributed by atoms with E-state index in [1.165, 1.54) is 7.05 Å². The van der Waals surface area contributed by atoms with E-state index in [1.807, 2.05) is 6.92 Å². The monoisotopic (exact) mass is 239 g/mol. The van der Waals surface area contributed by atoms with E-state index < -0.39 is 17.3 Å². The van der Waals surface area contributed by atoms with Crippen LogP contribution in [0.15, 0.2) is 22.1 Å². The standard InChI is InChI=1S/C12H15F2N3/c1-3-4-5-17-12(16-2)8-6-9(13)11(15)10(14)7-8/h5-7H,3-4,15H2,1-2H3. The Balaban J connectivity index is 3.06. The van der Waals surface area contributed by atoms with Crippen LogP contribution in [0.4, 0.5) is 14.5 Å². The number of nitrogen functional groups attached to an aromatic ring is 1. The Hall–Kier alpha value is -1.78. The number of anilines is 1. The lowest BCUT2D eigenvalue weighted by Gasteiger charge is -2.04. The van der Waals surface area contributed by atoms with Crippen LogP contribution in [0.25, 0.3) is 0 Å². The fraction of sp³-hybridized carbons (Fsp3) is 0.333. The molecule has 0 atom stereocenters. The molecule has 5 heteroatoms. The molecule has 1 aromatic carbocycles. The van der Waals surface area contributed by atoms with Gasteiger partial charge in [-0.25, -0.2) is 13.8 Å². The molecule has 92 valence electrons. The molecule has 0 fully saturated rings. The van der Waals surface area contributed by atoms with Gasteiger partial charge < -0.3 is 5.73 Å². The maximum Gasteiger partial charge on any atom is 0.154 e. The number of halogens is 2. The Kier molecular flexibility index (Phi) is 4.75. The lowest BCUT2D eigenvalue weighted by Crippen LogP contribution is -2.03. The van der Waals surface area contributed by atoms with Crippen molar-refractivity contribution in [3.8, 4) is 0 Å². The Morgan fingerprint density at radius 3 is 2.41 bits per heavy atom. The molecule has 0 unspecified atom stereocenters. The lowest BCUT2D eigenvalue weighted by molar-refractivity contribution is 0.591. The molecule has 1 aromatic rings. The minimum Gasteiger partial charge on any atom is -0.394 e. The molecular formula is C12H15F2N3. The summed E-state index contributed by atoms with van der Waals surface area (Å²) in [5, 5.41) is 0. The Morgan fingerprint density at radius 2 is 1.94 bits per heavy atom. The minimum absolute atomic E-state index is 0.282. The van der Waals surface area contributed by atoms with Crippen molar-refractivity contribution in [3.05, 3.63) is 29.3 Å². The van der Waals surface area contributed by atoms with Gasteiger partial charge >= 0.3 is 0 Å². The summed E-state index contributed by atoms with van der Waals surface area (Å²) in [5.41, 5.74) is 4.98. The number of aliphatic imine (C=N–C) groups is 2. The van der Waals surface area contributed by atoms with Gasteiger partial charge in [0.1, 0.15) is 17.3 Å². The van der Waals surface area contributed by atoms with Gasteiger partial charge in [-0.05, 0) is 18.6 Å². The number of hydrogen-bond acceptors (Lipinski definition) is 2. The number of hydrogen-bond donors (Lipinski definition) is 1. The van der Waals surface area contributed by atoms with Gasteiger partial charge in [0.25, 0.3) is 0 Å². The molecule has 0 radical (unpaired) electrons. The molecule has 0 bridgehead atoms. The number of benzene rings is 1. The lowest BCUT2D eigenvalue weighted by atomic mass is 10.1. The second kappa shape index (κ2) is 6.08. The zero-order valence-corrected chi connectivity index (χ0v) is 9.87. The van der Waals surface area contributed by atoms with Crippen LogP contribution in [0.1, 0.15) is 25.3 Å². The first-order chi connectivity index (χ1) is 8.10. The molecule has 0 spiro atoms. The molecule has 0 aliphatic heterocycles. The molecule has 0 saturated carbocycles. The fourth-order valence-corrected chi connectivity index (χ4v) is 1.25. The van der Waals surface area contributed by atoms with Crippen LogP contribution in [0, 0.1) is 11.6 Å². The van der Waals surface area contributed by atoms with Crippen LogP contribution in [0.2, 0.25) is 0 Å². The van der Waals surface area contributed by atoms with E-state index in [1.54, 1.807) is 6.21 Å². The molecule has 17 heavy (non-hydrogen) atoms. The van der Waals surface area contributed by atoms with E-state index in [0.717, 1.165) is 25.0 Å². The first-order valence-electron chi connectivity index (χ1n) is 5.34. The molecule has 0 amide bonds. The smallest absolute Gasteiger partial charge is 0.154 e. The normalized spacial score (nSPS) is 12.4. The molecule has 0 aliphatic rings. The van der Waals surface area contributed by atoms with Crippen LogP contribution in [0.5, 0.6) is 0 Å². The van der Waals surface area contributed by atoms with E-state index in [9.17, 15) is 8.78 Å². The average molecular weight is 239 g/mol. The van der Waals surface area contributed by atoms with Gasteiger partial charge in [-0.1, -0.05) is 13.3 Å². The molecule has 3 nitrogen and oxygen atoms in total. The van der Waals surface area contributed by atoms with Gasteiger partial charge in [0, 0.05) is 18.8 Å². The predicted molar refractivity (Wildman–Crippen MR) is 66.6 cm³/mol. The van der Waals surface area contributed by atoms with Gasteiger partial charge in [-0.3, -0.25) is 4.99 Å².